The molecular weight excluding hydrogens is 402 g/mol. The van der Waals surface area contributed by atoms with Crippen LogP contribution in [0.3, 0.4) is 0 Å². The highest BCUT2D eigenvalue weighted by molar-refractivity contribution is 5.85. The van der Waals surface area contributed by atoms with Gasteiger partial charge in [0.2, 0.25) is 5.91 Å². The van der Waals surface area contributed by atoms with E-state index in [1.807, 2.05) is 30.3 Å². The van der Waals surface area contributed by atoms with Gasteiger partial charge >= 0.3 is 5.97 Å². The summed E-state index contributed by atoms with van der Waals surface area (Å²) in [7, 11) is 0. The van der Waals surface area contributed by atoms with Crippen molar-refractivity contribution in [3.8, 4) is 0 Å². The average molecular weight is 430 g/mol. The molecule has 1 amide bonds. The van der Waals surface area contributed by atoms with Gasteiger partial charge in [0.05, 0.1) is 0 Å². The molecule has 0 aliphatic carbocycles. The summed E-state index contributed by atoms with van der Waals surface area (Å²) in [6.45, 7) is 0.726. The van der Waals surface area contributed by atoms with Crippen LogP contribution in [-0.2, 0) is 28.9 Å². The minimum Gasteiger partial charge on any atom is -0.480 e. The topological polar surface area (TPSA) is 82.5 Å². The fraction of sp³-hybridized carbons (Fsp3) is 0.435. The number of nitrogens with zero attached hydrogens (tertiary/aromatic N) is 2. The molecule has 160 valence electrons. The second-order valence-electron chi connectivity index (χ2n) is 8.02. The van der Waals surface area contributed by atoms with Gasteiger partial charge in [0.15, 0.2) is 0 Å². The van der Waals surface area contributed by atoms with Crippen molar-refractivity contribution in [2.75, 3.05) is 18.4 Å². The molecule has 0 saturated carbocycles. The van der Waals surface area contributed by atoms with E-state index < -0.39 is 5.97 Å². The van der Waals surface area contributed by atoms with Gasteiger partial charge in [0.1, 0.15) is 12.4 Å². The summed E-state index contributed by atoms with van der Waals surface area (Å²) in [4.78, 5) is 30.5. The molecule has 2 aromatic rings. The SMILES string of the molecule is Cl.O=C(O)CN1C(=O)[C@@H](CCc2ccc3c(n2)NCCC3)C[C@H]1Cc1ccccc1. The van der Waals surface area contributed by atoms with Crippen molar-refractivity contribution in [3.05, 3.63) is 59.3 Å². The van der Waals surface area contributed by atoms with E-state index in [1.54, 1.807) is 4.90 Å². The monoisotopic (exact) mass is 429 g/mol. The van der Waals surface area contributed by atoms with E-state index >= 15 is 0 Å². The van der Waals surface area contributed by atoms with Crippen LogP contribution in [0, 0.1) is 5.92 Å². The van der Waals surface area contributed by atoms with Crippen molar-refractivity contribution < 1.29 is 14.7 Å². The van der Waals surface area contributed by atoms with Gasteiger partial charge in [-0.15, -0.1) is 12.4 Å². The Kier molecular flexibility index (Phi) is 7.32. The average Bonchev–Trinajstić information content (AvgIpc) is 3.01. The summed E-state index contributed by atoms with van der Waals surface area (Å²) in [5.74, 6) is -0.168. The molecule has 0 radical (unpaired) electrons. The number of carbonyl (C=O) groups is 2. The van der Waals surface area contributed by atoms with Crippen molar-refractivity contribution >= 4 is 30.1 Å². The number of fused-ring (bicyclic) bond motifs is 1. The van der Waals surface area contributed by atoms with Crippen molar-refractivity contribution in [1.82, 2.24) is 9.88 Å². The first-order valence-electron chi connectivity index (χ1n) is 10.4. The van der Waals surface area contributed by atoms with E-state index in [0.717, 1.165) is 42.9 Å². The van der Waals surface area contributed by atoms with Gasteiger partial charge in [0.25, 0.3) is 0 Å². The van der Waals surface area contributed by atoms with Gasteiger partial charge in [0, 0.05) is 24.2 Å². The number of carboxylic acids is 1. The number of aromatic nitrogens is 1. The molecule has 6 nitrogen and oxygen atoms in total. The second kappa shape index (κ2) is 9.94. The lowest BCUT2D eigenvalue weighted by Gasteiger charge is -2.23. The third-order valence-corrected chi connectivity index (χ3v) is 5.95. The largest absolute Gasteiger partial charge is 0.480 e. The summed E-state index contributed by atoms with van der Waals surface area (Å²) >= 11 is 0. The van der Waals surface area contributed by atoms with Crippen LogP contribution in [0.15, 0.2) is 42.5 Å². The molecular formula is C23H28ClN3O3. The maximum absolute atomic E-state index is 12.9. The molecule has 0 unspecified atom stereocenters. The number of aryl methyl sites for hydroxylation is 2. The van der Waals surface area contributed by atoms with Crippen LogP contribution in [0.2, 0.25) is 0 Å². The summed E-state index contributed by atoms with van der Waals surface area (Å²) in [5.41, 5.74) is 3.37. The number of likely N-dealkylation sites (tertiary alicyclic amines) is 1. The number of carboxylic acid groups (broad SMARTS) is 1. The number of hydrogen-bond donors (Lipinski definition) is 2. The zero-order valence-electron chi connectivity index (χ0n) is 16.9. The lowest BCUT2D eigenvalue weighted by Crippen LogP contribution is -2.39. The van der Waals surface area contributed by atoms with E-state index in [0.29, 0.717) is 19.3 Å². The fourth-order valence-electron chi connectivity index (χ4n) is 4.47. The minimum atomic E-state index is -0.959. The van der Waals surface area contributed by atoms with Crippen LogP contribution < -0.4 is 5.32 Å². The first-order valence-corrected chi connectivity index (χ1v) is 10.4. The molecule has 2 N–H and O–H groups in total. The Hall–Kier alpha value is -2.60. The third kappa shape index (κ3) is 5.11. The van der Waals surface area contributed by atoms with Crippen molar-refractivity contribution in [2.45, 2.75) is 44.6 Å². The number of aliphatic carboxylic acids is 1. The predicted molar refractivity (Wildman–Crippen MR) is 118 cm³/mol. The summed E-state index contributed by atoms with van der Waals surface area (Å²) in [6, 6.07) is 14.1. The van der Waals surface area contributed by atoms with E-state index in [2.05, 4.69) is 17.4 Å². The van der Waals surface area contributed by atoms with Gasteiger partial charge in [-0.1, -0.05) is 36.4 Å². The normalized spacial score (nSPS) is 20.3. The number of anilines is 1. The summed E-state index contributed by atoms with van der Waals surface area (Å²) in [5, 5.41) is 12.6. The molecule has 2 aliphatic heterocycles. The molecule has 7 heteroatoms. The zero-order chi connectivity index (χ0) is 20.2. The van der Waals surface area contributed by atoms with Gasteiger partial charge in [-0.2, -0.15) is 0 Å². The van der Waals surface area contributed by atoms with Crippen molar-refractivity contribution in [3.63, 3.8) is 0 Å². The first kappa shape index (κ1) is 22.1. The van der Waals surface area contributed by atoms with Crippen LogP contribution in [-0.4, -0.2) is 46.0 Å². The number of hydrogen-bond acceptors (Lipinski definition) is 4. The first-order chi connectivity index (χ1) is 14.1. The molecule has 30 heavy (non-hydrogen) atoms. The smallest absolute Gasteiger partial charge is 0.323 e. The maximum Gasteiger partial charge on any atom is 0.323 e. The van der Waals surface area contributed by atoms with E-state index in [9.17, 15) is 14.7 Å². The Bertz CT molecular complexity index is 891. The summed E-state index contributed by atoms with van der Waals surface area (Å²) < 4.78 is 0. The standard InChI is InChI=1S/C23H27N3O3.ClH/c27-21(28)15-26-20(13-16-5-2-1-3-6-16)14-18(23(26)29)9-11-19-10-8-17-7-4-12-24-22(17)25-19;/h1-3,5-6,8,10,18,20H,4,7,9,11-15H2,(H,24,25)(H,27,28);1H/t18-,20+;/m0./s1. The molecule has 4 rings (SSSR count). The van der Waals surface area contributed by atoms with Crippen LogP contribution in [0.25, 0.3) is 0 Å². The number of nitrogens with one attached hydrogen (secondary N) is 1. The van der Waals surface area contributed by atoms with Gasteiger partial charge in [-0.05, 0) is 55.7 Å². The fourth-order valence-corrected chi connectivity index (χ4v) is 4.47. The van der Waals surface area contributed by atoms with Crippen LogP contribution in [0.1, 0.15) is 36.1 Å². The molecule has 1 aromatic carbocycles. The minimum absolute atomic E-state index is 0. The second-order valence-corrected chi connectivity index (χ2v) is 8.02. The molecule has 3 heterocycles. The third-order valence-electron chi connectivity index (χ3n) is 5.95. The Morgan fingerprint density at radius 1 is 1.20 bits per heavy atom. The van der Waals surface area contributed by atoms with Crippen LogP contribution >= 0.6 is 12.4 Å². The van der Waals surface area contributed by atoms with Crippen LogP contribution in [0.4, 0.5) is 5.82 Å². The maximum atomic E-state index is 12.9. The predicted octanol–water partition coefficient (Wildman–Crippen LogP) is 3.34. The van der Waals surface area contributed by atoms with Crippen molar-refractivity contribution in [2.24, 2.45) is 5.92 Å². The number of carbonyl (C=O) groups excluding carboxylic acids is 1. The zero-order valence-corrected chi connectivity index (χ0v) is 17.7. The Morgan fingerprint density at radius 3 is 2.77 bits per heavy atom. The number of rotatable bonds is 7. The van der Waals surface area contributed by atoms with E-state index in [-0.39, 0.29) is 36.8 Å². The highest BCUT2D eigenvalue weighted by atomic mass is 35.5. The van der Waals surface area contributed by atoms with Gasteiger partial charge in [-0.25, -0.2) is 4.98 Å². The van der Waals surface area contributed by atoms with Crippen LogP contribution in [0.5, 0.6) is 0 Å². The molecule has 2 aliphatic rings. The molecule has 0 bridgehead atoms. The number of benzene rings is 1. The Balaban J connectivity index is 0.00000256. The number of amides is 1. The lowest BCUT2D eigenvalue weighted by molar-refractivity contribution is -0.144. The van der Waals surface area contributed by atoms with E-state index in [1.165, 1.54) is 5.56 Å². The Labute approximate surface area is 183 Å². The molecule has 2 atom stereocenters. The molecule has 1 aromatic heterocycles. The molecule has 0 spiro atoms. The lowest BCUT2D eigenvalue weighted by atomic mass is 9.95. The quantitative estimate of drug-likeness (QED) is 0.705. The van der Waals surface area contributed by atoms with Gasteiger partial charge in [-0.3, -0.25) is 9.59 Å². The highest BCUT2D eigenvalue weighted by Gasteiger charge is 2.39. The molecule has 1 saturated heterocycles. The van der Waals surface area contributed by atoms with Gasteiger partial charge < -0.3 is 15.3 Å². The Morgan fingerprint density at radius 2 is 2.00 bits per heavy atom. The number of pyridine rings is 1. The summed E-state index contributed by atoms with van der Waals surface area (Å²) in [6.07, 6.45) is 5.01. The highest BCUT2D eigenvalue weighted by Crippen LogP contribution is 2.31. The van der Waals surface area contributed by atoms with Crippen molar-refractivity contribution in [1.29, 1.82) is 0 Å². The number of halogens is 1. The molecule has 1 fully saturated rings. The van der Waals surface area contributed by atoms with E-state index in [4.69, 9.17) is 4.98 Å².